The lowest BCUT2D eigenvalue weighted by molar-refractivity contribution is -0.141. The second-order valence-electron chi connectivity index (χ2n) is 4.52. The smallest absolute Gasteiger partial charge is 0.325 e. The van der Waals surface area contributed by atoms with E-state index >= 15 is 0 Å². The predicted octanol–water partition coefficient (Wildman–Crippen LogP) is -0.777. The van der Waals surface area contributed by atoms with Crippen LogP contribution in [0.25, 0.3) is 0 Å². The van der Waals surface area contributed by atoms with Gasteiger partial charge in [-0.25, -0.2) is 4.79 Å². The Labute approximate surface area is 114 Å². The highest BCUT2D eigenvalue weighted by atomic mass is 16.4. The first kappa shape index (κ1) is 15.7. The Kier molecular flexibility index (Phi) is 5.70. The molecule has 4 N–H and O–H groups in total. The van der Waals surface area contributed by atoms with E-state index in [9.17, 15) is 19.2 Å². The number of aromatic nitrogens is 2. The van der Waals surface area contributed by atoms with E-state index in [1.54, 1.807) is 6.92 Å². The van der Waals surface area contributed by atoms with E-state index in [0.29, 0.717) is 19.4 Å². The summed E-state index contributed by atoms with van der Waals surface area (Å²) in [6.45, 7) is 1.95. The van der Waals surface area contributed by atoms with Gasteiger partial charge in [-0.05, 0) is 12.8 Å². The fourth-order valence-electron chi connectivity index (χ4n) is 1.61. The second kappa shape index (κ2) is 7.27. The lowest BCUT2D eigenvalue weighted by atomic mass is 10.1. The highest BCUT2D eigenvalue weighted by molar-refractivity contribution is 5.78. The van der Waals surface area contributed by atoms with E-state index in [1.165, 1.54) is 0 Å². The number of hydrogen-bond donors (Lipinski definition) is 4. The van der Waals surface area contributed by atoms with E-state index in [4.69, 9.17) is 5.11 Å². The van der Waals surface area contributed by atoms with Gasteiger partial charge in [0.25, 0.3) is 5.56 Å². The second-order valence-corrected chi connectivity index (χ2v) is 4.52. The molecule has 0 saturated carbocycles. The van der Waals surface area contributed by atoms with Crippen LogP contribution in [0.1, 0.15) is 25.5 Å². The molecule has 1 heterocycles. The van der Waals surface area contributed by atoms with Crippen molar-refractivity contribution < 1.29 is 14.7 Å². The third kappa shape index (κ3) is 5.51. The van der Waals surface area contributed by atoms with Crippen molar-refractivity contribution >= 4 is 11.9 Å². The monoisotopic (exact) mass is 283 g/mol. The molecular weight excluding hydrogens is 266 g/mol. The average Bonchev–Trinajstić information content (AvgIpc) is 2.32. The van der Waals surface area contributed by atoms with E-state index in [0.717, 1.165) is 6.07 Å². The summed E-state index contributed by atoms with van der Waals surface area (Å²) >= 11 is 0. The zero-order valence-electron chi connectivity index (χ0n) is 11.1. The Morgan fingerprint density at radius 3 is 2.65 bits per heavy atom. The summed E-state index contributed by atoms with van der Waals surface area (Å²) in [4.78, 5) is 48.5. The largest absolute Gasteiger partial charge is 0.481 e. The number of aliphatic carboxylic acids is 1. The molecule has 1 aromatic heterocycles. The van der Waals surface area contributed by atoms with Gasteiger partial charge in [0, 0.05) is 18.3 Å². The molecule has 0 fully saturated rings. The van der Waals surface area contributed by atoms with Crippen molar-refractivity contribution in [1.82, 2.24) is 15.3 Å². The van der Waals surface area contributed by atoms with Crippen molar-refractivity contribution in [3.05, 3.63) is 32.6 Å². The summed E-state index contributed by atoms with van der Waals surface area (Å²) < 4.78 is 0. The van der Waals surface area contributed by atoms with Gasteiger partial charge in [0.05, 0.1) is 12.3 Å². The number of carbonyl (C=O) groups is 2. The van der Waals surface area contributed by atoms with Crippen LogP contribution in [-0.2, 0) is 16.0 Å². The molecule has 0 spiro atoms. The molecule has 1 aromatic rings. The van der Waals surface area contributed by atoms with Gasteiger partial charge in [-0.15, -0.1) is 0 Å². The van der Waals surface area contributed by atoms with Crippen molar-refractivity contribution in [2.75, 3.05) is 6.54 Å². The molecule has 8 heteroatoms. The fourth-order valence-corrected chi connectivity index (χ4v) is 1.61. The third-order valence-corrected chi connectivity index (χ3v) is 2.72. The number of amides is 1. The molecule has 0 aromatic carbocycles. The number of nitrogens with one attached hydrogen (secondary N) is 3. The summed E-state index contributed by atoms with van der Waals surface area (Å²) in [5, 5.41) is 11.3. The lowest BCUT2D eigenvalue weighted by Gasteiger charge is -2.07. The Balaban J connectivity index is 2.35. The van der Waals surface area contributed by atoms with Crippen molar-refractivity contribution in [3.8, 4) is 0 Å². The van der Waals surface area contributed by atoms with Crippen molar-refractivity contribution in [2.24, 2.45) is 5.92 Å². The molecular formula is C12H17N3O5. The molecule has 1 unspecified atom stereocenters. The zero-order valence-corrected chi connectivity index (χ0v) is 11.1. The maximum Gasteiger partial charge on any atom is 0.325 e. The third-order valence-electron chi connectivity index (χ3n) is 2.72. The molecule has 0 aliphatic heterocycles. The first-order valence-corrected chi connectivity index (χ1v) is 6.20. The van der Waals surface area contributed by atoms with Crippen LogP contribution >= 0.6 is 0 Å². The minimum atomic E-state index is -0.864. The van der Waals surface area contributed by atoms with Gasteiger partial charge < -0.3 is 15.4 Å². The Hall–Kier alpha value is -2.38. The summed E-state index contributed by atoms with van der Waals surface area (Å²) in [6, 6.07) is 1.15. The van der Waals surface area contributed by atoms with Gasteiger partial charge in [0.2, 0.25) is 5.91 Å². The van der Waals surface area contributed by atoms with Crippen LogP contribution in [0.15, 0.2) is 15.7 Å². The van der Waals surface area contributed by atoms with Crippen LogP contribution in [0.3, 0.4) is 0 Å². The number of H-pyrrole nitrogens is 2. The molecule has 0 aliphatic rings. The van der Waals surface area contributed by atoms with E-state index in [2.05, 4.69) is 10.3 Å². The van der Waals surface area contributed by atoms with Gasteiger partial charge in [-0.2, -0.15) is 0 Å². The molecule has 0 bridgehead atoms. The number of carboxylic acids is 1. The van der Waals surface area contributed by atoms with Crippen molar-refractivity contribution in [2.45, 2.75) is 26.2 Å². The molecule has 0 aliphatic carbocycles. The average molecular weight is 283 g/mol. The fraction of sp³-hybridized carbons (Fsp3) is 0.500. The van der Waals surface area contributed by atoms with Crippen molar-refractivity contribution in [3.63, 3.8) is 0 Å². The van der Waals surface area contributed by atoms with Crippen molar-refractivity contribution in [1.29, 1.82) is 0 Å². The van der Waals surface area contributed by atoms with Crippen LogP contribution in [0.2, 0.25) is 0 Å². The standard InChI is InChI=1S/C12H17N3O5/c1-7(11(18)19)3-2-4-13-9(16)5-8-6-10(17)15-12(20)14-8/h6-7H,2-5H2,1H3,(H,13,16)(H,18,19)(H2,14,15,17,20). The molecule has 1 atom stereocenters. The molecule has 0 saturated heterocycles. The van der Waals surface area contributed by atoms with Gasteiger partial charge in [-0.3, -0.25) is 19.4 Å². The van der Waals surface area contributed by atoms with Crippen LogP contribution in [0.5, 0.6) is 0 Å². The number of hydrogen-bond acceptors (Lipinski definition) is 4. The van der Waals surface area contributed by atoms with E-state index < -0.39 is 23.1 Å². The molecule has 1 rings (SSSR count). The minimum Gasteiger partial charge on any atom is -0.481 e. The van der Waals surface area contributed by atoms with Crippen LogP contribution in [0, 0.1) is 5.92 Å². The van der Waals surface area contributed by atoms with Gasteiger partial charge >= 0.3 is 11.7 Å². The van der Waals surface area contributed by atoms with Crippen LogP contribution < -0.4 is 16.6 Å². The number of aromatic amines is 2. The van der Waals surface area contributed by atoms with Gasteiger partial charge in [-0.1, -0.05) is 6.92 Å². The van der Waals surface area contributed by atoms with Crippen LogP contribution in [0.4, 0.5) is 0 Å². The Morgan fingerprint density at radius 2 is 2.05 bits per heavy atom. The van der Waals surface area contributed by atoms with E-state index in [1.807, 2.05) is 4.98 Å². The van der Waals surface area contributed by atoms with E-state index in [-0.39, 0.29) is 18.0 Å². The highest BCUT2D eigenvalue weighted by Crippen LogP contribution is 2.04. The molecule has 8 nitrogen and oxygen atoms in total. The minimum absolute atomic E-state index is 0.104. The quantitative estimate of drug-likeness (QED) is 0.487. The first-order chi connectivity index (χ1) is 9.38. The first-order valence-electron chi connectivity index (χ1n) is 6.20. The van der Waals surface area contributed by atoms with Gasteiger partial charge in [0.1, 0.15) is 0 Å². The molecule has 1 amide bonds. The maximum atomic E-state index is 11.6. The van der Waals surface area contributed by atoms with Crippen LogP contribution in [-0.4, -0.2) is 33.5 Å². The summed E-state index contributed by atoms with van der Waals surface area (Å²) in [5.74, 6) is -1.65. The number of carboxylic acid groups (broad SMARTS) is 1. The maximum absolute atomic E-state index is 11.6. The predicted molar refractivity (Wildman–Crippen MR) is 70.4 cm³/mol. The Bertz CT molecular complexity index is 561. The zero-order chi connectivity index (χ0) is 15.1. The molecule has 0 radical (unpaired) electrons. The molecule has 110 valence electrons. The highest BCUT2D eigenvalue weighted by Gasteiger charge is 2.10. The Morgan fingerprint density at radius 1 is 1.35 bits per heavy atom. The summed E-state index contributed by atoms with van der Waals surface area (Å²) in [7, 11) is 0. The lowest BCUT2D eigenvalue weighted by Crippen LogP contribution is -2.30. The summed E-state index contributed by atoms with van der Waals surface area (Å²) in [6.07, 6.45) is 0.913. The topological polar surface area (TPSA) is 132 Å². The SMILES string of the molecule is CC(CCCNC(=O)Cc1cc(=O)[nH]c(=O)[nH]1)C(=O)O. The van der Waals surface area contributed by atoms with Gasteiger partial charge in [0.15, 0.2) is 0 Å². The normalized spacial score (nSPS) is 11.8. The number of carbonyl (C=O) groups excluding carboxylic acids is 1. The number of rotatable bonds is 7. The molecule has 20 heavy (non-hydrogen) atoms. The summed E-state index contributed by atoms with van der Waals surface area (Å²) in [5.41, 5.74) is -0.988.